The number of nitrogens with zero attached hydrogens (tertiary/aromatic N) is 2. The third-order valence-corrected chi connectivity index (χ3v) is 3.32. The van der Waals surface area contributed by atoms with Gasteiger partial charge >= 0.3 is 35.6 Å². The van der Waals surface area contributed by atoms with E-state index in [0.717, 1.165) is 3.57 Å². The predicted molar refractivity (Wildman–Crippen MR) is 78.6 cm³/mol. The number of methoxy groups -OCH3 is 2. The topological polar surface area (TPSA) is 90.5 Å². The Kier molecular flexibility index (Phi) is 5.26. The predicted octanol–water partition coefficient (Wildman–Crippen LogP) is 0.891. The molecule has 0 spiro atoms. The van der Waals surface area contributed by atoms with Crippen LogP contribution in [0.25, 0.3) is 10.9 Å². The molecule has 0 atom stereocenters. The van der Waals surface area contributed by atoms with Crippen molar-refractivity contribution in [2.24, 2.45) is 0 Å². The molecule has 0 aliphatic rings. The molecule has 2 rings (SSSR count). The van der Waals surface area contributed by atoms with Crippen LogP contribution in [0.4, 0.5) is 5.82 Å². The summed E-state index contributed by atoms with van der Waals surface area (Å²) in [5, 5.41) is 9.96. The number of hydrogen-bond acceptors (Lipinski definition) is 6. The van der Waals surface area contributed by atoms with Gasteiger partial charge in [0.25, 0.3) is 0 Å². The molecule has 2 aromatic rings. The van der Waals surface area contributed by atoms with Crippen LogP contribution < -0.4 is 15.2 Å². The van der Waals surface area contributed by atoms with Crippen LogP contribution in [0.1, 0.15) is 0 Å². The molecule has 0 saturated heterocycles. The standard InChI is InChI=1S/C10H10IN3O3.Na.H/c1-16-5-3-4-6(7(11)8(5)17-2)9(12)14-10(15)13-4;;/h3H,1-2H3,(H3,12,13,14,15);;. The fourth-order valence-corrected chi connectivity index (χ4v) is 2.60. The second kappa shape index (κ2) is 6.09. The maximum absolute atomic E-state index is 9.32. The van der Waals surface area contributed by atoms with Gasteiger partial charge in [-0.2, -0.15) is 9.97 Å². The Bertz CT molecular complexity index is 594. The summed E-state index contributed by atoms with van der Waals surface area (Å²) in [7, 11) is 3.08. The van der Waals surface area contributed by atoms with Gasteiger partial charge in [0, 0.05) is 6.07 Å². The molecule has 0 aliphatic carbocycles. The summed E-state index contributed by atoms with van der Waals surface area (Å²) in [6.45, 7) is 0. The molecule has 0 bridgehead atoms. The minimum atomic E-state index is -0.363. The van der Waals surface area contributed by atoms with Gasteiger partial charge in [0.1, 0.15) is 5.82 Å². The summed E-state index contributed by atoms with van der Waals surface area (Å²) >= 11 is 2.08. The molecule has 1 aromatic carbocycles. The monoisotopic (exact) mass is 371 g/mol. The first-order chi connectivity index (χ1) is 8.08. The molecule has 0 fully saturated rings. The van der Waals surface area contributed by atoms with Crippen molar-refractivity contribution in [3.8, 4) is 17.5 Å². The molecule has 3 N–H and O–H groups in total. The van der Waals surface area contributed by atoms with Gasteiger partial charge in [-0.1, -0.05) is 0 Å². The molecule has 0 radical (unpaired) electrons. The zero-order valence-electron chi connectivity index (χ0n) is 9.19. The van der Waals surface area contributed by atoms with Crippen LogP contribution in [0.5, 0.6) is 17.5 Å². The van der Waals surface area contributed by atoms with E-state index in [2.05, 4.69) is 32.6 Å². The molecular formula is C10H11IN3NaO3. The van der Waals surface area contributed by atoms with Crippen LogP contribution >= 0.6 is 22.6 Å². The van der Waals surface area contributed by atoms with Gasteiger partial charge in [-0.15, -0.1) is 0 Å². The second-order valence-electron chi connectivity index (χ2n) is 3.23. The zero-order chi connectivity index (χ0) is 12.6. The fraction of sp³-hybridized carbons (Fsp3) is 0.200. The van der Waals surface area contributed by atoms with Crippen molar-refractivity contribution in [3.63, 3.8) is 0 Å². The van der Waals surface area contributed by atoms with E-state index < -0.39 is 0 Å². The van der Waals surface area contributed by atoms with E-state index >= 15 is 0 Å². The number of fused-ring (bicyclic) bond motifs is 1. The van der Waals surface area contributed by atoms with Crippen LogP contribution in [0.3, 0.4) is 0 Å². The number of anilines is 1. The summed E-state index contributed by atoms with van der Waals surface area (Å²) in [6.07, 6.45) is 0. The molecule has 0 amide bonds. The summed E-state index contributed by atoms with van der Waals surface area (Å²) < 4.78 is 11.2. The molecule has 0 aliphatic heterocycles. The number of ether oxygens (including phenoxy) is 2. The summed E-state index contributed by atoms with van der Waals surface area (Å²) in [4.78, 5) is 7.62. The van der Waals surface area contributed by atoms with E-state index in [1.54, 1.807) is 13.2 Å². The normalized spacial score (nSPS) is 9.94. The summed E-state index contributed by atoms with van der Waals surface area (Å²) in [6, 6.07) is 1.28. The van der Waals surface area contributed by atoms with Crippen LogP contribution in [0.2, 0.25) is 0 Å². The van der Waals surface area contributed by atoms with Gasteiger partial charge in [0.15, 0.2) is 11.5 Å². The Morgan fingerprint density at radius 2 is 1.94 bits per heavy atom. The quantitative estimate of drug-likeness (QED) is 0.602. The first-order valence-corrected chi connectivity index (χ1v) is 5.73. The molecule has 1 aromatic heterocycles. The molecule has 1 heterocycles. The SMILES string of the molecule is COc1cc2nc(O)nc(N)c2c(I)c1OC.[NaH]. The molecule has 6 nitrogen and oxygen atoms in total. The number of nitrogen functional groups attached to an aromatic ring is 1. The Balaban J connectivity index is 0.00000162. The van der Waals surface area contributed by atoms with E-state index in [1.807, 2.05) is 0 Å². The molecule has 92 valence electrons. The van der Waals surface area contributed by atoms with Crippen molar-refractivity contribution < 1.29 is 14.6 Å². The zero-order valence-corrected chi connectivity index (χ0v) is 11.3. The third kappa shape index (κ3) is 2.58. The number of halogens is 1. The van der Waals surface area contributed by atoms with Crippen molar-refractivity contribution >= 4 is 68.9 Å². The number of hydrogen-bond donors (Lipinski definition) is 2. The van der Waals surface area contributed by atoms with Gasteiger partial charge in [0.05, 0.1) is 28.7 Å². The number of nitrogens with two attached hydrogens (primary N) is 1. The van der Waals surface area contributed by atoms with Crippen molar-refractivity contribution in [3.05, 3.63) is 9.64 Å². The molecule has 8 heteroatoms. The average Bonchev–Trinajstić information content (AvgIpc) is 2.27. The van der Waals surface area contributed by atoms with Crippen LogP contribution in [-0.2, 0) is 0 Å². The van der Waals surface area contributed by atoms with E-state index in [-0.39, 0.29) is 41.4 Å². The number of aromatic hydroxyl groups is 1. The third-order valence-electron chi connectivity index (χ3n) is 2.29. The van der Waals surface area contributed by atoms with Crippen molar-refractivity contribution in [2.75, 3.05) is 20.0 Å². The molecule has 0 saturated carbocycles. The summed E-state index contributed by atoms with van der Waals surface area (Å²) in [5.41, 5.74) is 6.27. The molecule has 0 unspecified atom stereocenters. The Hall–Kier alpha value is -0.510. The van der Waals surface area contributed by atoms with Gasteiger partial charge in [-0.25, -0.2) is 0 Å². The number of aromatic nitrogens is 2. The van der Waals surface area contributed by atoms with Gasteiger partial charge in [-0.3, -0.25) is 0 Å². The van der Waals surface area contributed by atoms with E-state index in [1.165, 1.54) is 7.11 Å². The Morgan fingerprint density at radius 1 is 1.28 bits per heavy atom. The number of rotatable bonds is 2. The summed E-state index contributed by atoms with van der Waals surface area (Å²) in [5.74, 6) is 1.31. The Labute approximate surface area is 139 Å². The van der Waals surface area contributed by atoms with Crippen molar-refractivity contribution in [1.29, 1.82) is 0 Å². The van der Waals surface area contributed by atoms with E-state index in [4.69, 9.17) is 15.2 Å². The van der Waals surface area contributed by atoms with E-state index in [9.17, 15) is 5.11 Å². The molecular weight excluding hydrogens is 360 g/mol. The van der Waals surface area contributed by atoms with Gasteiger partial charge in [0.2, 0.25) is 0 Å². The van der Waals surface area contributed by atoms with Crippen LogP contribution in [0.15, 0.2) is 6.07 Å². The minimum absolute atomic E-state index is 0. The average molecular weight is 371 g/mol. The van der Waals surface area contributed by atoms with Gasteiger partial charge < -0.3 is 20.3 Å². The van der Waals surface area contributed by atoms with Crippen molar-refractivity contribution in [1.82, 2.24) is 9.97 Å². The first-order valence-electron chi connectivity index (χ1n) is 4.65. The van der Waals surface area contributed by atoms with Crippen LogP contribution in [0, 0.1) is 3.57 Å². The van der Waals surface area contributed by atoms with Crippen molar-refractivity contribution in [2.45, 2.75) is 0 Å². The second-order valence-corrected chi connectivity index (χ2v) is 4.31. The van der Waals surface area contributed by atoms with Gasteiger partial charge in [-0.05, 0) is 22.6 Å². The Morgan fingerprint density at radius 3 is 2.50 bits per heavy atom. The molecule has 18 heavy (non-hydrogen) atoms. The number of benzene rings is 1. The van der Waals surface area contributed by atoms with Crippen LogP contribution in [-0.4, -0.2) is 58.9 Å². The maximum atomic E-state index is 9.32. The first kappa shape index (κ1) is 15.5. The van der Waals surface area contributed by atoms with E-state index in [0.29, 0.717) is 22.4 Å². The fourth-order valence-electron chi connectivity index (χ4n) is 1.57.